The van der Waals surface area contributed by atoms with E-state index in [1.807, 2.05) is 49.0 Å². The van der Waals surface area contributed by atoms with E-state index < -0.39 is 0 Å². The Morgan fingerprint density at radius 3 is 2.52 bits per heavy atom. The third-order valence-electron chi connectivity index (χ3n) is 4.56. The molecule has 6 nitrogen and oxygen atoms in total. The molecule has 25 heavy (non-hydrogen) atoms. The second-order valence-corrected chi connectivity index (χ2v) is 6.19. The summed E-state index contributed by atoms with van der Waals surface area (Å²) in [4.78, 5) is 4.26. The van der Waals surface area contributed by atoms with Gasteiger partial charge in [0.25, 0.3) is 0 Å². The van der Waals surface area contributed by atoms with Gasteiger partial charge in [-0.15, -0.1) is 0 Å². The van der Waals surface area contributed by atoms with Crippen molar-refractivity contribution in [1.82, 2.24) is 20.4 Å². The molecule has 1 atom stereocenters. The van der Waals surface area contributed by atoms with E-state index in [4.69, 9.17) is 0 Å². The van der Waals surface area contributed by atoms with Crippen molar-refractivity contribution in [1.29, 1.82) is 0 Å². The van der Waals surface area contributed by atoms with Crippen molar-refractivity contribution in [2.24, 2.45) is 12.0 Å². The van der Waals surface area contributed by atoms with Crippen LogP contribution >= 0.6 is 0 Å². The Bertz CT molecular complexity index is 693. The lowest BCUT2D eigenvalue weighted by Crippen LogP contribution is -2.40. The molecule has 0 bridgehead atoms. The van der Waals surface area contributed by atoms with Crippen molar-refractivity contribution in [2.45, 2.75) is 26.2 Å². The van der Waals surface area contributed by atoms with Crippen LogP contribution in [0.1, 0.15) is 28.4 Å². The van der Waals surface area contributed by atoms with Crippen molar-refractivity contribution in [3.8, 4) is 0 Å². The summed E-state index contributed by atoms with van der Waals surface area (Å²) < 4.78 is 1.92. The Kier molecular flexibility index (Phi) is 7.01. The maximum Gasteiger partial charge on any atom is 0.191 e. The highest BCUT2D eigenvalue weighted by Crippen LogP contribution is 2.14. The molecular weight excluding hydrogens is 314 g/mol. The monoisotopic (exact) mass is 343 g/mol. The van der Waals surface area contributed by atoms with E-state index in [0.717, 1.165) is 30.2 Å². The third-order valence-corrected chi connectivity index (χ3v) is 4.56. The molecule has 0 saturated carbocycles. The molecule has 0 aliphatic heterocycles. The lowest BCUT2D eigenvalue weighted by atomic mass is 10.0. The minimum atomic E-state index is 0.0440. The van der Waals surface area contributed by atoms with Gasteiger partial charge in [0.2, 0.25) is 0 Å². The molecule has 0 amide bonds. The van der Waals surface area contributed by atoms with Crippen molar-refractivity contribution in [2.75, 3.05) is 26.7 Å². The number of aliphatic hydroxyl groups excluding tert-OH is 1. The number of benzene rings is 1. The number of nitrogens with zero attached hydrogens (tertiary/aromatic N) is 3. The average molecular weight is 343 g/mol. The fourth-order valence-corrected chi connectivity index (χ4v) is 2.94. The number of aryl methyl sites for hydroxylation is 2. The number of aromatic nitrogens is 2. The number of hydrogen-bond donors (Lipinski definition) is 3. The lowest BCUT2D eigenvalue weighted by molar-refractivity contribution is 0.265. The molecule has 1 aromatic carbocycles. The van der Waals surface area contributed by atoms with E-state index in [9.17, 15) is 5.11 Å². The maximum absolute atomic E-state index is 9.64. The first kappa shape index (κ1) is 19.0. The second kappa shape index (κ2) is 9.22. The first-order chi connectivity index (χ1) is 12.1. The molecule has 0 fully saturated rings. The van der Waals surface area contributed by atoms with E-state index in [0.29, 0.717) is 6.54 Å². The fourth-order valence-electron chi connectivity index (χ4n) is 2.94. The SMILES string of the molecule is CN=C(NCCc1c(C)nn(C)c1C)NCC(CO)c1ccccc1. The van der Waals surface area contributed by atoms with Gasteiger partial charge in [0.15, 0.2) is 5.96 Å². The Balaban J connectivity index is 1.84. The van der Waals surface area contributed by atoms with E-state index in [-0.39, 0.29) is 12.5 Å². The van der Waals surface area contributed by atoms with Gasteiger partial charge in [0, 0.05) is 38.8 Å². The first-order valence-corrected chi connectivity index (χ1v) is 8.66. The Labute approximate surface area is 150 Å². The van der Waals surface area contributed by atoms with Crippen molar-refractivity contribution < 1.29 is 5.11 Å². The number of hydrogen-bond acceptors (Lipinski definition) is 3. The van der Waals surface area contributed by atoms with Crippen molar-refractivity contribution in [3.05, 3.63) is 52.8 Å². The number of nitrogens with one attached hydrogen (secondary N) is 2. The molecule has 2 aromatic rings. The summed E-state index contributed by atoms with van der Waals surface area (Å²) in [6.07, 6.45) is 0.897. The van der Waals surface area contributed by atoms with Crippen LogP contribution in [-0.2, 0) is 13.5 Å². The summed E-state index contributed by atoms with van der Waals surface area (Å²) in [5.41, 5.74) is 4.68. The van der Waals surface area contributed by atoms with Crippen molar-refractivity contribution >= 4 is 5.96 Å². The number of aliphatic hydroxyl groups is 1. The Morgan fingerprint density at radius 1 is 1.24 bits per heavy atom. The molecule has 1 heterocycles. The molecule has 0 radical (unpaired) electrons. The fraction of sp³-hybridized carbons (Fsp3) is 0.474. The lowest BCUT2D eigenvalue weighted by Gasteiger charge is -2.18. The van der Waals surface area contributed by atoms with Gasteiger partial charge in [-0.1, -0.05) is 30.3 Å². The number of guanidine groups is 1. The minimum absolute atomic E-state index is 0.0440. The molecule has 1 unspecified atom stereocenters. The van der Waals surface area contributed by atoms with Crippen LogP contribution in [0.25, 0.3) is 0 Å². The van der Waals surface area contributed by atoms with E-state index in [2.05, 4.69) is 27.6 Å². The smallest absolute Gasteiger partial charge is 0.191 e. The highest BCUT2D eigenvalue weighted by atomic mass is 16.3. The predicted octanol–water partition coefficient (Wildman–Crippen LogP) is 1.52. The molecule has 1 aromatic heterocycles. The van der Waals surface area contributed by atoms with Gasteiger partial charge in [-0.05, 0) is 31.4 Å². The topological polar surface area (TPSA) is 74.5 Å². The van der Waals surface area contributed by atoms with E-state index >= 15 is 0 Å². The number of rotatable bonds is 7. The Hall–Kier alpha value is -2.34. The van der Waals surface area contributed by atoms with Gasteiger partial charge in [-0.3, -0.25) is 9.67 Å². The normalized spacial score (nSPS) is 12.9. The van der Waals surface area contributed by atoms with Gasteiger partial charge in [-0.25, -0.2) is 0 Å². The molecule has 0 aliphatic carbocycles. The molecule has 0 aliphatic rings. The third kappa shape index (κ3) is 5.06. The van der Waals surface area contributed by atoms with Crippen LogP contribution in [0.3, 0.4) is 0 Å². The zero-order chi connectivity index (χ0) is 18.2. The molecule has 3 N–H and O–H groups in total. The molecule has 0 saturated heterocycles. The van der Waals surface area contributed by atoms with Crippen LogP contribution in [0.4, 0.5) is 0 Å². The second-order valence-electron chi connectivity index (χ2n) is 6.19. The predicted molar refractivity (Wildman–Crippen MR) is 102 cm³/mol. The highest BCUT2D eigenvalue weighted by molar-refractivity contribution is 5.79. The van der Waals surface area contributed by atoms with Gasteiger partial charge >= 0.3 is 0 Å². The van der Waals surface area contributed by atoms with Crippen LogP contribution in [0.5, 0.6) is 0 Å². The standard InChI is InChI=1S/C19H29N5O/c1-14-18(15(2)24(4)23-14)10-11-21-19(20-3)22-12-17(13-25)16-8-6-5-7-9-16/h5-9,17,25H,10-13H2,1-4H3,(H2,20,21,22). The maximum atomic E-state index is 9.64. The number of aliphatic imine (C=N–C) groups is 1. The molecule has 136 valence electrons. The molecule has 6 heteroatoms. The average Bonchev–Trinajstić information content (AvgIpc) is 2.87. The summed E-state index contributed by atoms with van der Waals surface area (Å²) in [6, 6.07) is 10.0. The molecular formula is C19H29N5O. The summed E-state index contributed by atoms with van der Waals surface area (Å²) >= 11 is 0. The van der Waals surface area contributed by atoms with Gasteiger partial charge in [-0.2, -0.15) is 5.10 Å². The van der Waals surface area contributed by atoms with Crippen LogP contribution in [0, 0.1) is 13.8 Å². The summed E-state index contributed by atoms with van der Waals surface area (Å²) in [5, 5.41) is 20.7. The van der Waals surface area contributed by atoms with E-state index in [1.165, 1.54) is 11.3 Å². The minimum Gasteiger partial charge on any atom is -0.396 e. The summed E-state index contributed by atoms with van der Waals surface area (Å²) in [7, 11) is 3.73. The highest BCUT2D eigenvalue weighted by Gasteiger charge is 2.12. The van der Waals surface area contributed by atoms with Crippen LogP contribution in [-0.4, -0.2) is 47.6 Å². The van der Waals surface area contributed by atoms with Crippen LogP contribution < -0.4 is 10.6 Å². The van der Waals surface area contributed by atoms with Crippen molar-refractivity contribution in [3.63, 3.8) is 0 Å². The van der Waals surface area contributed by atoms with Gasteiger partial charge < -0.3 is 15.7 Å². The van der Waals surface area contributed by atoms with Crippen LogP contribution in [0.2, 0.25) is 0 Å². The first-order valence-electron chi connectivity index (χ1n) is 8.66. The largest absolute Gasteiger partial charge is 0.396 e. The van der Waals surface area contributed by atoms with Gasteiger partial charge in [0.1, 0.15) is 0 Å². The quantitative estimate of drug-likeness (QED) is 0.526. The molecule has 2 rings (SSSR count). The summed E-state index contributed by atoms with van der Waals surface area (Å²) in [5.74, 6) is 0.788. The zero-order valence-electron chi connectivity index (χ0n) is 15.6. The van der Waals surface area contributed by atoms with Gasteiger partial charge in [0.05, 0.1) is 12.3 Å². The molecule has 0 spiro atoms. The zero-order valence-corrected chi connectivity index (χ0v) is 15.6. The Morgan fingerprint density at radius 2 is 1.96 bits per heavy atom. The van der Waals surface area contributed by atoms with E-state index in [1.54, 1.807) is 7.05 Å². The summed E-state index contributed by atoms with van der Waals surface area (Å²) in [6.45, 7) is 5.64. The van der Waals surface area contributed by atoms with Crippen LogP contribution in [0.15, 0.2) is 35.3 Å².